The van der Waals surface area contributed by atoms with Gasteiger partial charge in [0.25, 0.3) is 0 Å². The Morgan fingerprint density at radius 1 is 1.56 bits per heavy atom. The Labute approximate surface area is 123 Å². The van der Waals surface area contributed by atoms with Crippen molar-refractivity contribution in [3.05, 3.63) is 20.8 Å². The Hall–Kier alpha value is 0.1000. The summed E-state index contributed by atoms with van der Waals surface area (Å²) in [6.45, 7) is 6.98. The number of hydrogen-bond donors (Lipinski definition) is 2. The highest BCUT2D eigenvalue weighted by Gasteiger charge is 2.19. The Balaban J connectivity index is 1.59. The van der Waals surface area contributed by atoms with Crippen molar-refractivity contribution in [2.75, 3.05) is 19.6 Å². The molecule has 1 aliphatic heterocycles. The Morgan fingerprint density at radius 3 is 3.11 bits per heavy atom. The third-order valence-corrected chi connectivity index (χ3v) is 5.47. The van der Waals surface area contributed by atoms with Crippen molar-refractivity contribution in [3.8, 4) is 0 Å². The second-order valence-corrected chi connectivity index (χ2v) is 7.80. The molecule has 2 unspecified atom stereocenters. The van der Waals surface area contributed by atoms with Crippen LogP contribution in [-0.4, -0.2) is 19.6 Å². The lowest BCUT2D eigenvalue weighted by atomic mass is 9.85. The zero-order chi connectivity index (χ0) is 12.8. The lowest BCUT2D eigenvalue weighted by Crippen LogP contribution is -2.34. The quantitative estimate of drug-likeness (QED) is 0.778. The van der Waals surface area contributed by atoms with Gasteiger partial charge in [0.2, 0.25) is 0 Å². The molecule has 1 aliphatic rings. The van der Waals surface area contributed by atoms with Gasteiger partial charge in [0.15, 0.2) is 0 Å². The van der Waals surface area contributed by atoms with Gasteiger partial charge in [0, 0.05) is 11.4 Å². The summed E-state index contributed by atoms with van der Waals surface area (Å²) in [5.41, 5.74) is 0. The molecule has 2 atom stereocenters. The standard InChI is InChI=1S/C14H23BrN2S/c1-11(12-3-2-7-16-9-12)6-8-17-10-13-4-5-14(15)18-13/h4-5,11-12,16-17H,2-3,6-10H2,1H3. The van der Waals surface area contributed by atoms with E-state index in [-0.39, 0.29) is 0 Å². The van der Waals surface area contributed by atoms with Gasteiger partial charge in [-0.2, -0.15) is 0 Å². The van der Waals surface area contributed by atoms with Crippen LogP contribution in [0.5, 0.6) is 0 Å². The van der Waals surface area contributed by atoms with Crippen LogP contribution in [0.2, 0.25) is 0 Å². The maximum Gasteiger partial charge on any atom is 0.0701 e. The molecule has 0 aromatic carbocycles. The first-order chi connectivity index (χ1) is 8.75. The summed E-state index contributed by atoms with van der Waals surface area (Å²) in [6.07, 6.45) is 4.05. The van der Waals surface area contributed by atoms with E-state index >= 15 is 0 Å². The first kappa shape index (κ1) is 14.5. The fourth-order valence-corrected chi connectivity index (χ4v) is 4.04. The average molecular weight is 331 g/mol. The van der Waals surface area contributed by atoms with Crippen LogP contribution in [0.4, 0.5) is 0 Å². The van der Waals surface area contributed by atoms with Crippen molar-refractivity contribution < 1.29 is 0 Å². The van der Waals surface area contributed by atoms with Gasteiger partial charge in [-0.05, 0) is 78.8 Å². The van der Waals surface area contributed by atoms with Crippen molar-refractivity contribution >= 4 is 27.3 Å². The SMILES string of the molecule is CC(CCNCc1ccc(Br)s1)C1CCCNC1. The minimum atomic E-state index is 0.834. The molecule has 0 spiro atoms. The van der Waals surface area contributed by atoms with Gasteiger partial charge in [0.05, 0.1) is 3.79 Å². The first-order valence-corrected chi connectivity index (χ1v) is 8.52. The highest BCUT2D eigenvalue weighted by atomic mass is 79.9. The fraction of sp³-hybridized carbons (Fsp3) is 0.714. The van der Waals surface area contributed by atoms with Gasteiger partial charge >= 0.3 is 0 Å². The highest BCUT2D eigenvalue weighted by molar-refractivity contribution is 9.11. The Bertz CT molecular complexity index is 347. The molecule has 2 rings (SSSR count). The summed E-state index contributed by atoms with van der Waals surface area (Å²) in [7, 11) is 0. The molecule has 2 heterocycles. The molecule has 102 valence electrons. The molecule has 18 heavy (non-hydrogen) atoms. The van der Waals surface area contributed by atoms with E-state index in [0.29, 0.717) is 0 Å². The van der Waals surface area contributed by atoms with Crippen LogP contribution >= 0.6 is 27.3 Å². The van der Waals surface area contributed by atoms with Gasteiger partial charge < -0.3 is 10.6 Å². The predicted molar refractivity (Wildman–Crippen MR) is 83.1 cm³/mol. The van der Waals surface area contributed by atoms with Gasteiger partial charge in [-0.1, -0.05) is 6.92 Å². The molecule has 1 aromatic heterocycles. The summed E-state index contributed by atoms with van der Waals surface area (Å²) in [4.78, 5) is 1.41. The van der Waals surface area contributed by atoms with Crippen molar-refractivity contribution in [2.24, 2.45) is 11.8 Å². The topological polar surface area (TPSA) is 24.1 Å². The lowest BCUT2D eigenvalue weighted by molar-refractivity contribution is 0.266. The van der Waals surface area contributed by atoms with Crippen LogP contribution in [0.3, 0.4) is 0 Å². The minimum Gasteiger partial charge on any atom is -0.316 e. The van der Waals surface area contributed by atoms with Crippen LogP contribution in [0.15, 0.2) is 15.9 Å². The van der Waals surface area contributed by atoms with E-state index in [9.17, 15) is 0 Å². The second kappa shape index (κ2) is 7.63. The van der Waals surface area contributed by atoms with E-state index in [1.165, 1.54) is 41.0 Å². The van der Waals surface area contributed by atoms with E-state index in [1.807, 2.05) is 11.3 Å². The van der Waals surface area contributed by atoms with E-state index in [0.717, 1.165) is 24.9 Å². The normalized spacial score (nSPS) is 22.0. The number of rotatable bonds is 6. The zero-order valence-electron chi connectivity index (χ0n) is 11.0. The maximum atomic E-state index is 3.55. The molecule has 0 saturated carbocycles. The zero-order valence-corrected chi connectivity index (χ0v) is 13.4. The third kappa shape index (κ3) is 4.65. The summed E-state index contributed by atoms with van der Waals surface area (Å²) in [5.74, 6) is 1.72. The number of thiophene rings is 1. The smallest absolute Gasteiger partial charge is 0.0701 e. The molecule has 0 radical (unpaired) electrons. The molecule has 0 aliphatic carbocycles. The molecule has 0 amide bonds. The summed E-state index contributed by atoms with van der Waals surface area (Å²) in [6, 6.07) is 4.31. The Kier molecular flexibility index (Phi) is 6.15. The molecular formula is C14H23BrN2S. The van der Waals surface area contributed by atoms with E-state index in [2.05, 4.69) is 45.6 Å². The first-order valence-electron chi connectivity index (χ1n) is 6.91. The molecule has 2 N–H and O–H groups in total. The molecule has 1 saturated heterocycles. The molecule has 4 heteroatoms. The third-order valence-electron chi connectivity index (χ3n) is 3.84. The average Bonchev–Trinajstić information content (AvgIpc) is 2.81. The summed E-state index contributed by atoms with van der Waals surface area (Å²) >= 11 is 5.32. The largest absolute Gasteiger partial charge is 0.316 e. The molecule has 1 aromatic rings. The molecular weight excluding hydrogens is 308 g/mol. The number of hydrogen-bond acceptors (Lipinski definition) is 3. The fourth-order valence-electron chi connectivity index (χ4n) is 2.59. The summed E-state index contributed by atoms with van der Waals surface area (Å²) < 4.78 is 1.22. The molecule has 2 nitrogen and oxygen atoms in total. The van der Waals surface area contributed by atoms with Crippen LogP contribution in [0.1, 0.15) is 31.1 Å². The van der Waals surface area contributed by atoms with Gasteiger partial charge in [-0.3, -0.25) is 0 Å². The van der Waals surface area contributed by atoms with Crippen LogP contribution < -0.4 is 10.6 Å². The monoisotopic (exact) mass is 330 g/mol. The highest BCUT2D eigenvalue weighted by Crippen LogP contribution is 2.23. The predicted octanol–water partition coefficient (Wildman–Crippen LogP) is 3.63. The van der Waals surface area contributed by atoms with E-state index in [1.54, 1.807) is 0 Å². The van der Waals surface area contributed by atoms with Gasteiger partial charge in [0.1, 0.15) is 0 Å². The number of nitrogens with one attached hydrogen (secondary N) is 2. The second-order valence-electron chi connectivity index (χ2n) is 5.25. The summed E-state index contributed by atoms with van der Waals surface area (Å²) in [5, 5.41) is 7.06. The minimum absolute atomic E-state index is 0.834. The lowest BCUT2D eigenvalue weighted by Gasteiger charge is -2.28. The van der Waals surface area contributed by atoms with Crippen molar-refractivity contribution in [1.82, 2.24) is 10.6 Å². The van der Waals surface area contributed by atoms with Gasteiger partial charge in [-0.15, -0.1) is 11.3 Å². The molecule has 0 bridgehead atoms. The van der Waals surface area contributed by atoms with Crippen LogP contribution in [0, 0.1) is 11.8 Å². The van der Waals surface area contributed by atoms with Crippen molar-refractivity contribution in [3.63, 3.8) is 0 Å². The Morgan fingerprint density at radius 2 is 2.44 bits per heavy atom. The van der Waals surface area contributed by atoms with E-state index in [4.69, 9.17) is 0 Å². The van der Waals surface area contributed by atoms with E-state index < -0.39 is 0 Å². The molecule has 1 fully saturated rings. The maximum absolute atomic E-state index is 3.55. The van der Waals surface area contributed by atoms with Gasteiger partial charge in [-0.25, -0.2) is 0 Å². The van der Waals surface area contributed by atoms with Crippen LogP contribution in [-0.2, 0) is 6.54 Å². The van der Waals surface area contributed by atoms with Crippen molar-refractivity contribution in [1.29, 1.82) is 0 Å². The number of halogens is 1. The van der Waals surface area contributed by atoms with Crippen LogP contribution in [0.25, 0.3) is 0 Å². The van der Waals surface area contributed by atoms with Crippen molar-refractivity contribution in [2.45, 2.75) is 32.7 Å². The number of piperidine rings is 1.